The van der Waals surface area contributed by atoms with Crippen LogP contribution in [0, 0.1) is 5.92 Å². The summed E-state index contributed by atoms with van der Waals surface area (Å²) in [6.45, 7) is 7.76. The van der Waals surface area contributed by atoms with Crippen molar-refractivity contribution in [2.24, 2.45) is 10.9 Å². The minimum atomic E-state index is 0. The Hall–Kier alpha value is -2.00. The number of guanidine groups is 1. The molecule has 1 fully saturated rings. The van der Waals surface area contributed by atoms with Gasteiger partial charge < -0.3 is 24.4 Å². The second kappa shape index (κ2) is 15.8. The first kappa shape index (κ1) is 27.2. The quantitative estimate of drug-likeness (QED) is 0.170. The Balaban J connectivity index is 0.00000385. The van der Waals surface area contributed by atoms with Gasteiger partial charge >= 0.3 is 0 Å². The molecule has 0 radical (unpaired) electrons. The monoisotopic (exact) mass is 567 g/mol. The van der Waals surface area contributed by atoms with E-state index in [1.165, 1.54) is 0 Å². The van der Waals surface area contributed by atoms with E-state index in [1.807, 2.05) is 42.5 Å². The topological polar surface area (TPSA) is 55.3 Å². The number of hydrogen-bond donors (Lipinski definition) is 1. The van der Waals surface area contributed by atoms with Crippen LogP contribution in [0.4, 0.5) is 0 Å². The van der Waals surface area contributed by atoms with Gasteiger partial charge in [0, 0.05) is 39.2 Å². The Bertz CT molecular complexity index is 796. The summed E-state index contributed by atoms with van der Waals surface area (Å²) in [6.07, 6.45) is 3.10. The van der Waals surface area contributed by atoms with Crippen molar-refractivity contribution in [2.45, 2.75) is 32.8 Å². The number of benzene rings is 2. The van der Waals surface area contributed by atoms with Gasteiger partial charge in [0.25, 0.3) is 0 Å². The maximum atomic E-state index is 5.87. The zero-order valence-electron chi connectivity index (χ0n) is 19.9. The Labute approximate surface area is 215 Å². The molecule has 1 unspecified atom stereocenters. The molecule has 0 spiro atoms. The highest BCUT2D eigenvalue weighted by atomic mass is 127. The van der Waals surface area contributed by atoms with E-state index in [4.69, 9.17) is 19.2 Å². The number of hydrogen-bond acceptors (Lipinski definition) is 4. The lowest BCUT2D eigenvalue weighted by atomic mass is 10.1. The summed E-state index contributed by atoms with van der Waals surface area (Å²) >= 11 is 0. The molecular weight excluding hydrogens is 529 g/mol. The minimum absolute atomic E-state index is 0. The third-order valence-corrected chi connectivity index (χ3v) is 5.41. The second-order valence-corrected chi connectivity index (χ2v) is 8.15. The molecule has 3 rings (SSSR count). The van der Waals surface area contributed by atoms with Crippen LogP contribution in [0.15, 0.2) is 59.6 Å². The summed E-state index contributed by atoms with van der Waals surface area (Å²) in [5.41, 5.74) is 1.16. The summed E-state index contributed by atoms with van der Waals surface area (Å²) in [7, 11) is 2.11. The van der Waals surface area contributed by atoms with Crippen LogP contribution in [-0.2, 0) is 11.3 Å². The van der Waals surface area contributed by atoms with Gasteiger partial charge in [0.05, 0.1) is 13.2 Å². The van der Waals surface area contributed by atoms with Crippen molar-refractivity contribution in [1.82, 2.24) is 10.2 Å². The largest absolute Gasteiger partial charge is 0.494 e. The minimum Gasteiger partial charge on any atom is -0.494 e. The molecule has 7 heteroatoms. The Kier molecular flexibility index (Phi) is 13.0. The van der Waals surface area contributed by atoms with Crippen molar-refractivity contribution in [3.63, 3.8) is 0 Å². The summed E-state index contributed by atoms with van der Waals surface area (Å²) in [6, 6.07) is 18.0. The lowest BCUT2D eigenvalue weighted by Crippen LogP contribution is -2.41. The van der Waals surface area contributed by atoms with E-state index in [1.54, 1.807) is 0 Å². The highest BCUT2D eigenvalue weighted by molar-refractivity contribution is 14.0. The van der Waals surface area contributed by atoms with Crippen LogP contribution in [0.3, 0.4) is 0 Å². The summed E-state index contributed by atoms with van der Waals surface area (Å²) < 4.78 is 17.2. The van der Waals surface area contributed by atoms with Crippen LogP contribution in [0.25, 0.3) is 0 Å². The van der Waals surface area contributed by atoms with E-state index in [-0.39, 0.29) is 24.0 Å². The normalized spacial score (nSPS) is 15.6. The van der Waals surface area contributed by atoms with Crippen molar-refractivity contribution in [3.05, 3.63) is 60.2 Å². The number of ether oxygens (including phenoxy) is 3. The molecule has 2 aromatic rings. The van der Waals surface area contributed by atoms with Gasteiger partial charge in [0.1, 0.15) is 18.1 Å². The molecule has 0 amide bonds. The standard InChI is InChI=1S/C26H37N3O3.HI/c1-3-27-26(29(2)19-23-15-18-30-20-23)28-16-7-8-17-31-24-11-13-25(14-12-24)32-21-22-9-5-4-6-10-22;/h4-6,9-14,23H,3,7-8,15-21H2,1-2H3,(H,27,28);1H. The summed E-state index contributed by atoms with van der Waals surface area (Å²) in [4.78, 5) is 7.00. The van der Waals surface area contributed by atoms with Gasteiger partial charge in [-0.2, -0.15) is 0 Å². The van der Waals surface area contributed by atoms with Gasteiger partial charge in [-0.15, -0.1) is 24.0 Å². The first-order valence-electron chi connectivity index (χ1n) is 11.7. The van der Waals surface area contributed by atoms with Crippen molar-refractivity contribution in [3.8, 4) is 11.5 Å². The molecule has 33 heavy (non-hydrogen) atoms. The predicted octanol–water partition coefficient (Wildman–Crippen LogP) is 4.98. The predicted molar refractivity (Wildman–Crippen MR) is 145 cm³/mol. The third-order valence-electron chi connectivity index (χ3n) is 5.41. The molecule has 2 aromatic carbocycles. The van der Waals surface area contributed by atoms with Crippen LogP contribution in [0.1, 0.15) is 31.7 Å². The fraction of sp³-hybridized carbons (Fsp3) is 0.500. The van der Waals surface area contributed by atoms with Gasteiger partial charge in [-0.1, -0.05) is 30.3 Å². The Morgan fingerprint density at radius 2 is 1.79 bits per heavy atom. The Morgan fingerprint density at radius 1 is 1.06 bits per heavy atom. The van der Waals surface area contributed by atoms with E-state index in [0.29, 0.717) is 19.1 Å². The third kappa shape index (κ3) is 10.2. The molecule has 1 N–H and O–H groups in total. The molecule has 1 atom stereocenters. The summed E-state index contributed by atoms with van der Waals surface area (Å²) in [5.74, 6) is 3.30. The lowest BCUT2D eigenvalue weighted by molar-refractivity contribution is 0.181. The van der Waals surface area contributed by atoms with Crippen molar-refractivity contribution < 1.29 is 14.2 Å². The molecule has 1 aliphatic rings. The first-order valence-corrected chi connectivity index (χ1v) is 11.7. The van der Waals surface area contributed by atoms with E-state index >= 15 is 0 Å². The fourth-order valence-electron chi connectivity index (χ4n) is 3.63. The SMILES string of the molecule is CCNC(=NCCCCOc1ccc(OCc2ccccc2)cc1)N(C)CC1CCOC1.I. The maximum absolute atomic E-state index is 5.87. The number of aliphatic imine (C=N–C) groups is 1. The van der Waals surface area contributed by atoms with Gasteiger partial charge in [-0.05, 0) is 56.0 Å². The summed E-state index contributed by atoms with van der Waals surface area (Å²) in [5, 5.41) is 3.39. The maximum Gasteiger partial charge on any atom is 0.193 e. The molecule has 6 nitrogen and oxygen atoms in total. The highest BCUT2D eigenvalue weighted by Crippen LogP contribution is 2.19. The van der Waals surface area contributed by atoms with Crippen LogP contribution in [-0.4, -0.2) is 57.4 Å². The van der Waals surface area contributed by atoms with E-state index in [9.17, 15) is 0 Å². The molecule has 0 aromatic heterocycles. The van der Waals surface area contributed by atoms with Gasteiger partial charge in [-0.3, -0.25) is 4.99 Å². The highest BCUT2D eigenvalue weighted by Gasteiger charge is 2.18. The zero-order chi connectivity index (χ0) is 22.4. The van der Waals surface area contributed by atoms with Crippen LogP contribution in [0.5, 0.6) is 11.5 Å². The molecule has 1 aliphatic heterocycles. The molecule has 0 saturated carbocycles. The molecule has 182 valence electrons. The van der Waals surface area contributed by atoms with Crippen molar-refractivity contribution in [1.29, 1.82) is 0 Å². The number of halogens is 1. The molecule has 0 bridgehead atoms. The molecule has 1 saturated heterocycles. The van der Waals surface area contributed by atoms with Crippen LogP contribution < -0.4 is 14.8 Å². The van der Waals surface area contributed by atoms with Crippen molar-refractivity contribution >= 4 is 29.9 Å². The zero-order valence-corrected chi connectivity index (χ0v) is 22.2. The average molecular weight is 568 g/mol. The fourth-order valence-corrected chi connectivity index (χ4v) is 3.63. The number of unbranched alkanes of at least 4 members (excludes halogenated alkanes) is 1. The van der Waals surface area contributed by atoms with E-state index in [2.05, 4.69) is 36.3 Å². The van der Waals surface area contributed by atoms with Gasteiger partial charge in [0.2, 0.25) is 0 Å². The number of nitrogens with one attached hydrogen (secondary N) is 1. The van der Waals surface area contributed by atoms with Crippen molar-refractivity contribution in [2.75, 3.05) is 46.5 Å². The first-order chi connectivity index (χ1) is 15.7. The van der Waals surface area contributed by atoms with Crippen LogP contribution in [0.2, 0.25) is 0 Å². The van der Waals surface area contributed by atoms with E-state index in [0.717, 1.165) is 75.1 Å². The second-order valence-electron chi connectivity index (χ2n) is 8.15. The van der Waals surface area contributed by atoms with E-state index < -0.39 is 0 Å². The Morgan fingerprint density at radius 3 is 2.45 bits per heavy atom. The molecule has 0 aliphatic carbocycles. The van der Waals surface area contributed by atoms with Gasteiger partial charge in [-0.25, -0.2) is 0 Å². The number of nitrogens with zero attached hydrogens (tertiary/aromatic N) is 2. The van der Waals surface area contributed by atoms with Gasteiger partial charge in [0.15, 0.2) is 5.96 Å². The smallest absolute Gasteiger partial charge is 0.193 e. The molecule has 1 heterocycles. The molecular formula is C26H38IN3O3. The van der Waals surface area contributed by atoms with Crippen LogP contribution >= 0.6 is 24.0 Å². The average Bonchev–Trinajstić information content (AvgIpc) is 3.33. The number of rotatable bonds is 12. The lowest BCUT2D eigenvalue weighted by Gasteiger charge is -2.24.